The molecule has 0 radical (unpaired) electrons. The summed E-state index contributed by atoms with van der Waals surface area (Å²) in [5, 5.41) is 8.21. The van der Waals surface area contributed by atoms with Crippen molar-refractivity contribution in [2.24, 2.45) is 0 Å². The number of hydrogen-bond donors (Lipinski definition) is 2. The van der Waals surface area contributed by atoms with Gasteiger partial charge in [-0.2, -0.15) is 0 Å². The van der Waals surface area contributed by atoms with Crippen LogP contribution in [0.25, 0.3) is 0 Å². The van der Waals surface area contributed by atoms with E-state index in [4.69, 9.17) is 0 Å². The van der Waals surface area contributed by atoms with Crippen molar-refractivity contribution < 1.29 is 9.59 Å². The maximum atomic E-state index is 13.2. The minimum Gasteiger partial charge on any atom is -0.362 e. The van der Waals surface area contributed by atoms with E-state index in [2.05, 4.69) is 15.6 Å². The lowest BCUT2D eigenvalue weighted by Crippen LogP contribution is -2.35. The second-order valence-corrected chi connectivity index (χ2v) is 7.94. The molecule has 2 N–H and O–H groups in total. The molecule has 6 heteroatoms. The first-order valence-corrected chi connectivity index (χ1v) is 9.94. The number of dihydropyridines is 1. The second-order valence-electron chi connectivity index (χ2n) is 6.96. The third-order valence-corrected chi connectivity index (χ3v) is 5.94. The molecule has 4 rings (SSSR count). The van der Waals surface area contributed by atoms with Gasteiger partial charge in [0.15, 0.2) is 5.78 Å². The van der Waals surface area contributed by atoms with Gasteiger partial charge in [0.1, 0.15) is 5.82 Å². The highest BCUT2D eigenvalue weighted by atomic mass is 32.1. The highest BCUT2D eigenvalue weighted by Crippen LogP contribution is 2.43. The van der Waals surface area contributed by atoms with Crippen LogP contribution < -0.4 is 10.6 Å². The molecule has 138 valence electrons. The van der Waals surface area contributed by atoms with E-state index in [1.165, 1.54) is 0 Å². The van der Waals surface area contributed by atoms with Crippen molar-refractivity contribution in [1.29, 1.82) is 0 Å². The van der Waals surface area contributed by atoms with E-state index < -0.39 is 0 Å². The fourth-order valence-corrected chi connectivity index (χ4v) is 4.59. The maximum absolute atomic E-state index is 13.2. The number of pyridine rings is 1. The molecule has 1 aliphatic carbocycles. The Labute approximate surface area is 162 Å². The lowest BCUT2D eigenvalue weighted by molar-refractivity contribution is -0.116. The molecule has 2 aromatic heterocycles. The van der Waals surface area contributed by atoms with E-state index in [9.17, 15) is 9.59 Å². The number of anilines is 1. The zero-order valence-electron chi connectivity index (χ0n) is 15.3. The van der Waals surface area contributed by atoms with Crippen molar-refractivity contribution in [3.8, 4) is 0 Å². The number of rotatable bonds is 3. The van der Waals surface area contributed by atoms with Crippen molar-refractivity contribution >= 4 is 28.8 Å². The van der Waals surface area contributed by atoms with Crippen LogP contribution in [0, 0.1) is 6.92 Å². The molecule has 1 amide bonds. The number of ketones is 1. The largest absolute Gasteiger partial charge is 0.362 e. The molecule has 3 heterocycles. The van der Waals surface area contributed by atoms with Crippen LogP contribution in [0.2, 0.25) is 0 Å². The molecule has 27 heavy (non-hydrogen) atoms. The Hall–Kier alpha value is -2.73. The number of amides is 1. The van der Waals surface area contributed by atoms with E-state index in [0.29, 0.717) is 17.8 Å². The lowest BCUT2D eigenvalue weighted by Gasteiger charge is -2.33. The van der Waals surface area contributed by atoms with Gasteiger partial charge in [-0.1, -0.05) is 12.1 Å². The van der Waals surface area contributed by atoms with E-state index in [0.717, 1.165) is 40.2 Å². The topological polar surface area (TPSA) is 71.1 Å². The molecular weight excluding hydrogens is 358 g/mol. The van der Waals surface area contributed by atoms with Crippen molar-refractivity contribution in [2.75, 3.05) is 5.32 Å². The minimum absolute atomic E-state index is 0.133. The van der Waals surface area contributed by atoms with Crippen molar-refractivity contribution in [1.82, 2.24) is 10.3 Å². The van der Waals surface area contributed by atoms with Gasteiger partial charge in [-0.25, -0.2) is 4.98 Å². The molecule has 0 bridgehead atoms. The average molecular weight is 379 g/mol. The van der Waals surface area contributed by atoms with Crippen LogP contribution in [0.4, 0.5) is 5.82 Å². The predicted molar refractivity (Wildman–Crippen MR) is 106 cm³/mol. The van der Waals surface area contributed by atoms with E-state index in [1.54, 1.807) is 23.6 Å². The van der Waals surface area contributed by atoms with Gasteiger partial charge in [0.05, 0.1) is 5.92 Å². The van der Waals surface area contributed by atoms with Crippen LogP contribution in [0.5, 0.6) is 0 Å². The molecule has 0 fully saturated rings. The van der Waals surface area contributed by atoms with Crippen LogP contribution in [0.3, 0.4) is 0 Å². The predicted octanol–water partition coefficient (Wildman–Crippen LogP) is 4.06. The second kappa shape index (κ2) is 7.12. The van der Waals surface area contributed by atoms with E-state index >= 15 is 0 Å². The fraction of sp³-hybridized carbons (Fsp3) is 0.286. The summed E-state index contributed by atoms with van der Waals surface area (Å²) in [7, 11) is 0. The molecule has 5 nitrogen and oxygen atoms in total. The number of hydrogen-bond acceptors (Lipinski definition) is 5. The van der Waals surface area contributed by atoms with Gasteiger partial charge >= 0.3 is 0 Å². The summed E-state index contributed by atoms with van der Waals surface area (Å²) in [4.78, 5) is 31.2. The Balaban J connectivity index is 1.74. The fourth-order valence-electron chi connectivity index (χ4n) is 3.75. The monoisotopic (exact) mass is 379 g/mol. The number of nitrogens with zero attached hydrogens (tertiary/aromatic N) is 1. The number of aryl methyl sites for hydroxylation is 1. The van der Waals surface area contributed by atoms with Gasteiger partial charge in [0.25, 0.3) is 5.91 Å². The molecule has 2 aliphatic rings. The van der Waals surface area contributed by atoms with Crippen LogP contribution in [0.1, 0.15) is 42.5 Å². The summed E-state index contributed by atoms with van der Waals surface area (Å²) in [5.41, 5.74) is 4.13. The molecule has 0 spiro atoms. The first-order valence-electron chi connectivity index (χ1n) is 9.06. The van der Waals surface area contributed by atoms with Gasteiger partial charge in [0.2, 0.25) is 0 Å². The number of carbonyl (C=O) groups excluding carboxylic acids is 2. The summed E-state index contributed by atoms with van der Waals surface area (Å²) in [6.07, 6.45) is 3.95. The molecule has 2 aromatic rings. The smallest absolute Gasteiger partial charge is 0.255 e. The Morgan fingerprint density at radius 2 is 2.11 bits per heavy atom. The number of allylic oxidation sites excluding steroid dienone is 3. The Morgan fingerprint density at radius 3 is 2.81 bits per heavy atom. The molecule has 0 aromatic carbocycles. The van der Waals surface area contributed by atoms with Crippen molar-refractivity contribution in [3.05, 3.63) is 68.8 Å². The summed E-state index contributed by atoms with van der Waals surface area (Å²) in [6.45, 7) is 3.85. The van der Waals surface area contributed by atoms with Crippen LogP contribution in [-0.2, 0) is 9.59 Å². The molecular formula is C21H21N3O2S. The number of nitrogens with one attached hydrogen (secondary N) is 2. The number of aromatic nitrogens is 1. The van der Waals surface area contributed by atoms with E-state index in [-0.39, 0.29) is 17.6 Å². The zero-order valence-corrected chi connectivity index (χ0v) is 16.2. The first-order chi connectivity index (χ1) is 13.0. The summed E-state index contributed by atoms with van der Waals surface area (Å²) in [6, 6.07) is 7.65. The quantitative estimate of drug-likeness (QED) is 0.844. The van der Waals surface area contributed by atoms with Crippen LogP contribution in [-0.4, -0.2) is 16.7 Å². The summed E-state index contributed by atoms with van der Waals surface area (Å²) >= 11 is 1.57. The maximum Gasteiger partial charge on any atom is 0.255 e. The van der Waals surface area contributed by atoms with Crippen molar-refractivity contribution in [3.63, 3.8) is 0 Å². The van der Waals surface area contributed by atoms with Gasteiger partial charge < -0.3 is 10.6 Å². The minimum atomic E-state index is -0.320. The zero-order chi connectivity index (χ0) is 19.0. The number of Topliss-reactive ketones (excluding diaryl/α,β-unsaturated/α-hetero) is 1. The number of carbonyl (C=O) groups is 2. The molecule has 0 unspecified atom stereocenters. The molecule has 0 saturated carbocycles. The molecule has 1 atom stereocenters. The third-order valence-electron chi connectivity index (χ3n) is 5.00. The van der Waals surface area contributed by atoms with Gasteiger partial charge in [-0.15, -0.1) is 11.3 Å². The summed E-state index contributed by atoms with van der Waals surface area (Å²) < 4.78 is 0. The standard InChI is InChI=1S/C21H21N3O2S/c1-12-8-9-17(22-11-12)24-21(26)18-13(2)23-14-5-3-6-15(25)19(14)20(18)16-7-4-10-27-16/h4,7-11,20,23H,3,5-6H2,1-2H3,(H,22,24,26)/t20-/m1/s1. The van der Waals surface area contributed by atoms with Gasteiger partial charge in [-0.05, 0) is 49.8 Å². The highest BCUT2D eigenvalue weighted by molar-refractivity contribution is 7.10. The molecule has 1 aliphatic heterocycles. The van der Waals surface area contributed by atoms with Crippen LogP contribution >= 0.6 is 11.3 Å². The van der Waals surface area contributed by atoms with Crippen LogP contribution in [0.15, 0.2) is 58.4 Å². The normalized spacial score (nSPS) is 19.6. The molecule has 0 saturated heterocycles. The Morgan fingerprint density at radius 1 is 1.26 bits per heavy atom. The highest BCUT2D eigenvalue weighted by Gasteiger charge is 2.38. The Bertz CT molecular complexity index is 956. The first kappa shape index (κ1) is 17.7. The van der Waals surface area contributed by atoms with Gasteiger partial charge in [-0.3, -0.25) is 9.59 Å². The third kappa shape index (κ3) is 3.32. The lowest BCUT2D eigenvalue weighted by atomic mass is 9.77. The van der Waals surface area contributed by atoms with Crippen molar-refractivity contribution in [2.45, 2.75) is 39.0 Å². The number of thiophene rings is 1. The Kier molecular flexibility index (Phi) is 4.66. The van der Waals surface area contributed by atoms with Gasteiger partial charge in [0, 0.05) is 40.0 Å². The van der Waals surface area contributed by atoms with E-state index in [1.807, 2.05) is 37.4 Å². The average Bonchev–Trinajstić information content (AvgIpc) is 3.17. The summed E-state index contributed by atoms with van der Waals surface area (Å²) in [5.74, 6) is 0.0955. The SMILES string of the molecule is CC1=C(C(=O)Nc2ccc(C)cn2)[C@@H](c2cccs2)C2=C(CCCC2=O)N1.